The van der Waals surface area contributed by atoms with Crippen molar-refractivity contribution in [1.82, 2.24) is 0 Å². The van der Waals surface area contributed by atoms with Gasteiger partial charge in [-0.25, -0.2) is 0 Å². The first-order valence-electron chi connectivity index (χ1n) is 8.67. The average Bonchev–Trinajstić information content (AvgIpc) is 2.45. The van der Waals surface area contributed by atoms with Crippen LogP contribution in [0, 0.1) is 5.92 Å². The second-order valence-electron chi connectivity index (χ2n) is 8.36. The van der Waals surface area contributed by atoms with Gasteiger partial charge in [0.25, 0.3) is 0 Å². The van der Waals surface area contributed by atoms with Crippen LogP contribution in [0.15, 0.2) is 30.3 Å². The maximum Gasteiger partial charge on any atom is 0.191 e. The quantitative estimate of drug-likeness (QED) is 0.799. The van der Waals surface area contributed by atoms with Crippen LogP contribution < -0.4 is 5.73 Å². The van der Waals surface area contributed by atoms with Crippen LogP contribution in [0.1, 0.15) is 51.5 Å². The highest BCUT2D eigenvalue weighted by molar-refractivity contribution is 6.74. The predicted octanol–water partition coefficient (Wildman–Crippen LogP) is 4.92. The van der Waals surface area contributed by atoms with Crippen LogP contribution in [0.25, 0.3) is 0 Å². The summed E-state index contributed by atoms with van der Waals surface area (Å²) in [6.45, 7) is 12.5. The second kappa shape index (κ2) is 6.86. The van der Waals surface area contributed by atoms with Crippen molar-refractivity contribution < 1.29 is 4.43 Å². The minimum Gasteiger partial charge on any atom is -0.417 e. The Labute approximate surface area is 137 Å². The summed E-state index contributed by atoms with van der Waals surface area (Å²) in [4.78, 5) is 0. The van der Waals surface area contributed by atoms with E-state index in [4.69, 9.17) is 10.2 Å². The molecule has 1 fully saturated rings. The lowest BCUT2D eigenvalue weighted by molar-refractivity contribution is 0.161. The zero-order valence-electron chi connectivity index (χ0n) is 14.9. The Morgan fingerprint density at radius 2 is 1.77 bits per heavy atom. The first kappa shape index (κ1) is 17.7. The third-order valence-corrected chi connectivity index (χ3v) is 10.2. The van der Waals surface area contributed by atoms with Gasteiger partial charge < -0.3 is 10.2 Å². The summed E-state index contributed by atoms with van der Waals surface area (Å²) in [5, 5.41) is 0.270. The zero-order chi connectivity index (χ0) is 16.4. The van der Waals surface area contributed by atoms with Gasteiger partial charge in [-0.3, -0.25) is 0 Å². The van der Waals surface area contributed by atoms with E-state index in [-0.39, 0.29) is 11.1 Å². The second-order valence-corrected chi connectivity index (χ2v) is 13.2. The molecule has 0 spiro atoms. The van der Waals surface area contributed by atoms with Crippen LogP contribution in [0.3, 0.4) is 0 Å². The molecule has 2 N–H and O–H groups in total. The van der Waals surface area contributed by atoms with Gasteiger partial charge in [-0.1, -0.05) is 57.5 Å². The fraction of sp³-hybridized carbons (Fsp3) is 0.684. The molecule has 1 aliphatic carbocycles. The number of nitrogens with two attached hydrogens (primary N) is 1. The molecule has 22 heavy (non-hydrogen) atoms. The summed E-state index contributed by atoms with van der Waals surface area (Å²) in [6.07, 6.45) is 3.61. The van der Waals surface area contributed by atoms with Crippen molar-refractivity contribution in [3.63, 3.8) is 0 Å². The van der Waals surface area contributed by atoms with E-state index in [0.717, 1.165) is 13.0 Å². The van der Waals surface area contributed by atoms with Gasteiger partial charge in [0, 0.05) is 18.6 Å². The van der Waals surface area contributed by atoms with Crippen molar-refractivity contribution in [2.45, 2.75) is 70.1 Å². The first-order valence-corrected chi connectivity index (χ1v) is 11.6. The Morgan fingerprint density at radius 1 is 1.14 bits per heavy atom. The van der Waals surface area contributed by atoms with Crippen molar-refractivity contribution in [1.29, 1.82) is 0 Å². The van der Waals surface area contributed by atoms with E-state index in [1.165, 1.54) is 18.4 Å². The highest BCUT2D eigenvalue weighted by Gasteiger charge is 2.39. The fourth-order valence-corrected chi connectivity index (χ4v) is 4.30. The maximum absolute atomic E-state index is 6.52. The molecule has 0 radical (unpaired) electrons. The molecule has 1 aliphatic rings. The van der Waals surface area contributed by atoms with Gasteiger partial charge in [0.1, 0.15) is 0 Å². The summed E-state index contributed by atoms with van der Waals surface area (Å²) in [6, 6.07) is 11.1. The van der Waals surface area contributed by atoms with Crippen LogP contribution in [-0.2, 0) is 4.43 Å². The average molecular weight is 320 g/mol. The number of rotatable bonds is 4. The van der Waals surface area contributed by atoms with Crippen molar-refractivity contribution in [3.05, 3.63) is 35.9 Å². The minimum absolute atomic E-state index is 0.268. The van der Waals surface area contributed by atoms with Crippen molar-refractivity contribution in [3.8, 4) is 0 Å². The van der Waals surface area contributed by atoms with Gasteiger partial charge in [0.05, 0.1) is 0 Å². The normalized spacial score (nSPS) is 26.9. The molecule has 0 aromatic heterocycles. The van der Waals surface area contributed by atoms with Crippen LogP contribution >= 0.6 is 0 Å². The standard InChI is InChI=1S/C19H33NOSi/c1-19(2,3)22(4,5)21-14-16-12-9-13-17(20)18(16)15-10-7-6-8-11-15/h6-8,10-11,16-18H,9,12-14,20H2,1-5H3/t16-,17+,18-/m0/s1. The molecule has 0 amide bonds. The van der Waals surface area contributed by atoms with E-state index >= 15 is 0 Å². The molecule has 1 aromatic rings. The maximum atomic E-state index is 6.52. The lowest BCUT2D eigenvalue weighted by atomic mass is 9.73. The van der Waals surface area contributed by atoms with Crippen molar-refractivity contribution in [2.24, 2.45) is 11.7 Å². The third-order valence-electron chi connectivity index (χ3n) is 5.73. The molecule has 2 nitrogen and oxygen atoms in total. The molecule has 0 saturated heterocycles. The molecule has 0 aliphatic heterocycles. The largest absolute Gasteiger partial charge is 0.417 e. The molecular formula is C19H33NOSi. The SMILES string of the molecule is CC(C)(C)[Si](C)(C)OC[C@@H]1CCC[C@@H](N)[C@H]1c1ccccc1. The lowest BCUT2D eigenvalue weighted by Crippen LogP contribution is -2.45. The van der Waals surface area contributed by atoms with Gasteiger partial charge in [-0.15, -0.1) is 0 Å². The van der Waals surface area contributed by atoms with Crippen molar-refractivity contribution in [2.75, 3.05) is 6.61 Å². The van der Waals surface area contributed by atoms with E-state index in [1.807, 2.05) is 0 Å². The molecule has 1 saturated carbocycles. The highest BCUT2D eigenvalue weighted by atomic mass is 28.4. The molecule has 2 rings (SSSR count). The van der Waals surface area contributed by atoms with Crippen LogP contribution in [0.2, 0.25) is 18.1 Å². The van der Waals surface area contributed by atoms with E-state index in [9.17, 15) is 0 Å². The van der Waals surface area contributed by atoms with Crippen molar-refractivity contribution >= 4 is 8.32 Å². The van der Waals surface area contributed by atoms with Crippen LogP contribution in [-0.4, -0.2) is 21.0 Å². The van der Waals surface area contributed by atoms with Gasteiger partial charge in [0.2, 0.25) is 0 Å². The Bertz CT molecular complexity index is 466. The van der Waals surface area contributed by atoms with Gasteiger partial charge in [-0.2, -0.15) is 0 Å². The first-order chi connectivity index (χ1) is 10.2. The topological polar surface area (TPSA) is 35.2 Å². The van der Waals surface area contributed by atoms with Gasteiger partial charge in [0.15, 0.2) is 8.32 Å². The van der Waals surface area contributed by atoms with E-state index in [0.29, 0.717) is 11.8 Å². The fourth-order valence-electron chi connectivity index (χ4n) is 3.24. The summed E-state index contributed by atoms with van der Waals surface area (Å²) in [5.74, 6) is 1.000. The molecule has 0 heterocycles. The summed E-state index contributed by atoms with van der Waals surface area (Å²) in [5.41, 5.74) is 7.87. The summed E-state index contributed by atoms with van der Waals surface area (Å²) in [7, 11) is -1.68. The van der Waals surface area contributed by atoms with Gasteiger partial charge in [-0.05, 0) is 42.5 Å². The van der Waals surface area contributed by atoms with Crippen LogP contribution in [0.4, 0.5) is 0 Å². The molecule has 0 unspecified atom stereocenters. The van der Waals surface area contributed by atoms with E-state index in [2.05, 4.69) is 64.2 Å². The Hall–Kier alpha value is -0.643. The van der Waals surface area contributed by atoms with E-state index in [1.54, 1.807) is 0 Å². The van der Waals surface area contributed by atoms with Crippen LogP contribution in [0.5, 0.6) is 0 Å². The molecule has 1 aromatic carbocycles. The monoisotopic (exact) mass is 319 g/mol. The molecule has 124 valence electrons. The Morgan fingerprint density at radius 3 is 2.36 bits per heavy atom. The smallest absolute Gasteiger partial charge is 0.191 e. The Kier molecular flexibility index (Phi) is 5.52. The summed E-state index contributed by atoms with van der Waals surface area (Å²) >= 11 is 0. The Balaban J connectivity index is 2.11. The van der Waals surface area contributed by atoms with Gasteiger partial charge >= 0.3 is 0 Å². The molecule has 0 bridgehead atoms. The number of hydrogen-bond acceptors (Lipinski definition) is 2. The lowest BCUT2D eigenvalue weighted by Gasteiger charge is -2.41. The minimum atomic E-state index is -1.68. The number of hydrogen-bond donors (Lipinski definition) is 1. The third kappa shape index (κ3) is 4.00. The zero-order valence-corrected chi connectivity index (χ0v) is 15.9. The predicted molar refractivity (Wildman–Crippen MR) is 97.6 cm³/mol. The number of benzene rings is 1. The summed E-state index contributed by atoms with van der Waals surface area (Å²) < 4.78 is 6.52. The molecule has 3 atom stereocenters. The molecule has 3 heteroatoms. The van der Waals surface area contributed by atoms with E-state index < -0.39 is 8.32 Å². The molecular weight excluding hydrogens is 286 g/mol. The highest BCUT2D eigenvalue weighted by Crippen LogP contribution is 2.41.